The summed E-state index contributed by atoms with van der Waals surface area (Å²) in [5.74, 6) is 0.143. The molecule has 2 atom stereocenters. The number of fused-ring (bicyclic) bond motifs is 1. The standard InChI is InChI=1S/C25H36N6O4S/c1-5-8-20-22-23(31(4)29-20)25(32)28-24(27-22)19-16-18(10-11-21(19)35-15-6-2)36(33,34)26-13-12-17-9-7-14-30(17)3/h10-11,16-17,26H,5-9,12-15H2,1-4H3,(H,27,28,32)/i5D2,8D2,13D. The zero-order valence-corrected chi connectivity index (χ0v) is 21.8. The molecule has 1 aliphatic heterocycles. The second-order valence-electron chi connectivity index (χ2n) is 8.80. The quantitative estimate of drug-likeness (QED) is 0.398. The lowest BCUT2D eigenvalue weighted by Crippen LogP contribution is -2.31. The van der Waals surface area contributed by atoms with Crippen LogP contribution < -0.4 is 15.0 Å². The molecule has 1 saturated heterocycles. The second-order valence-corrected chi connectivity index (χ2v) is 10.5. The van der Waals surface area contributed by atoms with E-state index < -0.39 is 34.8 Å². The van der Waals surface area contributed by atoms with Gasteiger partial charge in [0.1, 0.15) is 17.1 Å². The van der Waals surface area contributed by atoms with E-state index in [1.807, 2.05) is 14.0 Å². The fourth-order valence-electron chi connectivity index (χ4n) is 4.35. The smallest absolute Gasteiger partial charge is 0.277 e. The highest BCUT2D eigenvalue weighted by atomic mass is 32.2. The molecule has 1 aliphatic rings. The third-order valence-electron chi connectivity index (χ3n) is 6.21. The van der Waals surface area contributed by atoms with E-state index in [-0.39, 0.29) is 44.8 Å². The third kappa shape index (κ3) is 5.47. The molecule has 11 heteroatoms. The first-order valence-corrected chi connectivity index (χ1v) is 13.4. The predicted molar refractivity (Wildman–Crippen MR) is 140 cm³/mol. The molecule has 2 aromatic heterocycles. The maximum atomic E-state index is 13.3. The Morgan fingerprint density at radius 1 is 1.31 bits per heavy atom. The first-order chi connectivity index (χ1) is 19.1. The van der Waals surface area contributed by atoms with Gasteiger partial charge in [0.15, 0.2) is 5.52 Å². The minimum Gasteiger partial charge on any atom is -0.493 e. The lowest BCUT2D eigenvalue weighted by Gasteiger charge is -2.19. The average Bonchev–Trinajstić information content (AvgIpc) is 3.44. The number of hydrogen-bond acceptors (Lipinski definition) is 7. The molecular formula is C25H36N6O4S. The Hall–Kier alpha value is -2.76. The van der Waals surface area contributed by atoms with E-state index in [1.165, 1.54) is 25.2 Å². The van der Waals surface area contributed by atoms with Gasteiger partial charge in [-0.25, -0.2) is 18.1 Å². The fourth-order valence-corrected chi connectivity index (χ4v) is 5.32. The summed E-state index contributed by atoms with van der Waals surface area (Å²) in [6.07, 6.45) is -2.06. The van der Waals surface area contributed by atoms with Crippen LogP contribution in [0.15, 0.2) is 27.9 Å². The van der Waals surface area contributed by atoms with Gasteiger partial charge >= 0.3 is 0 Å². The summed E-state index contributed by atoms with van der Waals surface area (Å²) in [6.45, 7) is 3.11. The van der Waals surface area contributed by atoms with Gasteiger partial charge < -0.3 is 14.6 Å². The van der Waals surface area contributed by atoms with Gasteiger partial charge in [-0.2, -0.15) is 5.10 Å². The molecule has 0 amide bonds. The Morgan fingerprint density at radius 2 is 2.11 bits per heavy atom. The van der Waals surface area contributed by atoms with Crippen molar-refractivity contribution in [2.24, 2.45) is 7.05 Å². The number of rotatable bonds is 11. The largest absolute Gasteiger partial charge is 0.493 e. The third-order valence-corrected chi connectivity index (χ3v) is 7.57. The first kappa shape index (κ1) is 20.3. The topological polar surface area (TPSA) is 122 Å². The van der Waals surface area contributed by atoms with Crippen LogP contribution in [0, 0.1) is 0 Å². The molecule has 196 valence electrons. The molecule has 10 nitrogen and oxygen atoms in total. The highest BCUT2D eigenvalue weighted by molar-refractivity contribution is 7.89. The Bertz CT molecular complexity index is 1590. The molecule has 1 aromatic carbocycles. The van der Waals surface area contributed by atoms with Crippen molar-refractivity contribution in [3.05, 3.63) is 34.2 Å². The number of sulfonamides is 1. The average molecular weight is 522 g/mol. The number of hydrogen-bond donors (Lipinski definition) is 2. The monoisotopic (exact) mass is 521 g/mol. The van der Waals surface area contributed by atoms with Crippen LogP contribution in [0.2, 0.25) is 0 Å². The number of benzene rings is 1. The van der Waals surface area contributed by atoms with E-state index >= 15 is 0 Å². The van der Waals surface area contributed by atoms with Crippen LogP contribution in [0.5, 0.6) is 5.75 Å². The maximum absolute atomic E-state index is 13.3. The molecule has 3 aromatic rings. The Kier molecular flexibility index (Phi) is 6.26. The molecule has 4 rings (SSSR count). The van der Waals surface area contributed by atoms with Gasteiger partial charge in [-0.15, -0.1) is 0 Å². The molecule has 2 N–H and O–H groups in total. The lowest BCUT2D eigenvalue weighted by atomic mass is 10.1. The van der Waals surface area contributed by atoms with Gasteiger partial charge in [0.25, 0.3) is 5.56 Å². The SMILES string of the molecule is [2H]C(CC1CCCN1C)NS(=O)(=O)c1ccc(OCCC)c(-c2nc3c(C([2H])([2H])C([2H])([2H])C)nn(C)c3c(=O)[nH]2)c1. The van der Waals surface area contributed by atoms with Crippen LogP contribution in [-0.4, -0.2) is 65.8 Å². The number of ether oxygens (including phenoxy) is 1. The number of nitrogens with one attached hydrogen (secondary N) is 2. The highest BCUT2D eigenvalue weighted by Gasteiger charge is 2.23. The van der Waals surface area contributed by atoms with Crippen molar-refractivity contribution in [2.75, 3.05) is 26.7 Å². The maximum Gasteiger partial charge on any atom is 0.277 e. The Labute approximate surface area is 219 Å². The zero-order valence-electron chi connectivity index (χ0n) is 26.0. The predicted octanol–water partition coefficient (Wildman–Crippen LogP) is 2.83. The number of likely N-dealkylation sites (tertiary alicyclic amines) is 1. The van der Waals surface area contributed by atoms with Gasteiger partial charge in [-0.3, -0.25) is 9.48 Å². The van der Waals surface area contributed by atoms with E-state index in [0.29, 0.717) is 19.4 Å². The van der Waals surface area contributed by atoms with E-state index in [9.17, 15) is 13.2 Å². The van der Waals surface area contributed by atoms with E-state index in [2.05, 4.69) is 24.7 Å². The fraction of sp³-hybridized carbons (Fsp3) is 0.560. The number of aryl methyl sites for hydroxylation is 2. The second kappa shape index (κ2) is 11.1. The van der Waals surface area contributed by atoms with Crippen molar-refractivity contribution in [1.82, 2.24) is 29.4 Å². The molecule has 36 heavy (non-hydrogen) atoms. The zero-order chi connectivity index (χ0) is 30.3. The summed E-state index contributed by atoms with van der Waals surface area (Å²) in [4.78, 5) is 22.2. The summed E-state index contributed by atoms with van der Waals surface area (Å²) in [6, 6.07) is 4.20. The Morgan fingerprint density at radius 3 is 2.81 bits per heavy atom. The van der Waals surface area contributed by atoms with E-state index in [1.54, 1.807) is 0 Å². The number of nitrogens with zero attached hydrogens (tertiary/aromatic N) is 4. The van der Waals surface area contributed by atoms with Crippen molar-refractivity contribution in [3.8, 4) is 17.1 Å². The molecular weight excluding hydrogens is 480 g/mol. The molecule has 3 heterocycles. The van der Waals surface area contributed by atoms with E-state index in [4.69, 9.17) is 11.6 Å². The molecule has 0 radical (unpaired) electrons. The minimum absolute atomic E-state index is 0.0627. The lowest BCUT2D eigenvalue weighted by molar-refractivity contribution is 0.297. The van der Waals surface area contributed by atoms with E-state index in [0.717, 1.165) is 31.0 Å². The summed E-state index contributed by atoms with van der Waals surface area (Å²) in [5.41, 5.74) is -1.11. The molecule has 1 fully saturated rings. The molecule has 0 saturated carbocycles. The van der Waals surface area contributed by atoms with Crippen LogP contribution in [0.4, 0.5) is 0 Å². The van der Waals surface area contributed by atoms with Crippen LogP contribution in [0.1, 0.15) is 58.5 Å². The molecule has 0 spiro atoms. The minimum atomic E-state index is -4.14. The number of H-pyrrole nitrogens is 1. The molecule has 0 bridgehead atoms. The van der Waals surface area contributed by atoms with Gasteiger partial charge in [0.05, 0.1) is 22.8 Å². The summed E-state index contributed by atoms with van der Waals surface area (Å²) in [5, 5.41) is 4.09. The van der Waals surface area contributed by atoms with Crippen molar-refractivity contribution in [3.63, 3.8) is 0 Å². The normalized spacial score (nSPS) is 20.4. The van der Waals surface area contributed by atoms with Crippen LogP contribution >= 0.6 is 0 Å². The molecule has 2 unspecified atom stereocenters. The van der Waals surface area contributed by atoms with Gasteiger partial charge in [-0.05, 0) is 63.8 Å². The summed E-state index contributed by atoms with van der Waals surface area (Å²) >= 11 is 0. The number of aromatic amines is 1. The van der Waals surface area contributed by atoms with Crippen molar-refractivity contribution in [2.45, 2.75) is 63.2 Å². The highest BCUT2D eigenvalue weighted by Crippen LogP contribution is 2.31. The van der Waals surface area contributed by atoms with Gasteiger partial charge in [-0.1, -0.05) is 20.2 Å². The van der Waals surface area contributed by atoms with Gasteiger partial charge in [0, 0.05) is 26.5 Å². The molecule has 0 aliphatic carbocycles. The van der Waals surface area contributed by atoms with Crippen LogP contribution in [0.25, 0.3) is 22.4 Å². The Balaban J connectivity index is 1.80. The van der Waals surface area contributed by atoms with Crippen molar-refractivity contribution < 1.29 is 20.0 Å². The van der Waals surface area contributed by atoms with Crippen LogP contribution in [-0.2, 0) is 23.4 Å². The van der Waals surface area contributed by atoms with Gasteiger partial charge in [0.2, 0.25) is 10.0 Å². The van der Waals surface area contributed by atoms with Crippen LogP contribution in [0.3, 0.4) is 0 Å². The summed E-state index contributed by atoms with van der Waals surface area (Å²) in [7, 11) is -0.757. The first-order valence-electron chi connectivity index (χ1n) is 14.5. The number of aromatic nitrogens is 4. The van der Waals surface area contributed by atoms with Crippen molar-refractivity contribution in [1.29, 1.82) is 0 Å². The summed E-state index contributed by atoms with van der Waals surface area (Å²) < 4.78 is 77.1. The van der Waals surface area contributed by atoms with Crippen molar-refractivity contribution >= 4 is 21.1 Å².